The van der Waals surface area contributed by atoms with Crippen molar-refractivity contribution < 1.29 is 9.59 Å². The molecule has 110 valence electrons. The van der Waals surface area contributed by atoms with Crippen molar-refractivity contribution in [2.24, 2.45) is 5.92 Å². The highest BCUT2D eigenvalue weighted by Crippen LogP contribution is 2.15. The molecule has 1 aromatic carbocycles. The van der Waals surface area contributed by atoms with E-state index in [0.717, 1.165) is 11.3 Å². The van der Waals surface area contributed by atoms with Crippen molar-refractivity contribution in [1.29, 1.82) is 0 Å². The van der Waals surface area contributed by atoms with Crippen LogP contribution in [-0.4, -0.2) is 25.0 Å². The summed E-state index contributed by atoms with van der Waals surface area (Å²) in [7, 11) is 0. The fraction of sp³-hybridized carbons (Fsp3) is 0.467. The summed E-state index contributed by atoms with van der Waals surface area (Å²) in [6.45, 7) is 8.58. The Morgan fingerprint density at radius 3 is 2.50 bits per heavy atom. The molecule has 0 unspecified atom stereocenters. The van der Waals surface area contributed by atoms with Gasteiger partial charge in [0, 0.05) is 12.2 Å². The molecule has 5 heteroatoms. The highest BCUT2D eigenvalue weighted by atomic mass is 16.2. The average molecular weight is 277 g/mol. The summed E-state index contributed by atoms with van der Waals surface area (Å²) in [4.78, 5) is 23.0. The number of rotatable bonds is 5. The monoisotopic (exact) mass is 277 g/mol. The van der Waals surface area contributed by atoms with Crippen LogP contribution < -0.4 is 16.0 Å². The first kappa shape index (κ1) is 16.0. The van der Waals surface area contributed by atoms with Crippen LogP contribution in [0.4, 0.5) is 10.5 Å². The fourth-order valence-corrected chi connectivity index (χ4v) is 1.70. The number of anilines is 1. The first-order chi connectivity index (χ1) is 9.38. The predicted molar refractivity (Wildman–Crippen MR) is 80.8 cm³/mol. The Bertz CT molecular complexity index is 484. The predicted octanol–water partition coefficient (Wildman–Crippen LogP) is 2.20. The Balaban J connectivity index is 2.38. The number of nitrogens with one attached hydrogen (secondary N) is 3. The maximum absolute atomic E-state index is 11.6. The van der Waals surface area contributed by atoms with E-state index in [1.807, 2.05) is 45.9 Å². The van der Waals surface area contributed by atoms with Gasteiger partial charge in [-0.1, -0.05) is 31.5 Å². The third-order valence-corrected chi connectivity index (χ3v) is 2.75. The molecule has 0 heterocycles. The SMILES string of the molecule is Cc1ccc(NCC(=O)NC(=O)NCC(C)C)c(C)c1. The smallest absolute Gasteiger partial charge is 0.321 e. The molecular formula is C15H23N3O2. The molecule has 0 aliphatic rings. The van der Waals surface area contributed by atoms with E-state index >= 15 is 0 Å². The Morgan fingerprint density at radius 1 is 1.20 bits per heavy atom. The first-order valence-electron chi connectivity index (χ1n) is 6.77. The molecular weight excluding hydrogens is 254 g/mol. The summed E-state index contributed by atoms with van der Waals surface area (Å²) in [6, 6.07) is 5.49. The Morgan fingerprint density at radius 2 is 1.90 bits per heavy atom. The third-order valence-electron chi connectivity index (χ3n) is 2.75. The molecule has 20 heavy (non-hydrogen) atoms. The van der Waals surface area contributed by atoms with Crippen LogP contribution in [0.5, 0.6) is 0 Å². The van der Waals surface area contributed by atoms with Gasteiger partial charge in [0.1, 0.15) is 0 Å². The molecule has 0 atom stereocenters. The number of benzene rings is 1. The molecule has 5 nitrogen and oxygen atoms in total. The average Bonchev–Trinajstić information content (AvgIpc) is 2.35. The van der Waals surface area contributed by atoms with Crippen LogP contribution in [0.1, 0.15) is 25.0 Å². The van der Waals surface area contributed by atoms with Crippen LogP contribution in [0.15, 0.2) is 18.2 Å². The molecule has 3 N–H and O–H groups in total. The summed E-state index contributed by atoms with van der Waals surface area (Å²) in [5.74, 6) is -0.00424. The Kier molecular flexibility index (Phi) is 6.03. The van der Waals surface area contributed by atoms with Gasteiger partial charge in [-0.15, -0.1) is 0 Å². The lowest BCUT2D eigenvalue weighted by molar-refractivity contribution is -0.118. The van der Waals surface area contributed by atoms with Gasteiger partial charge < -0.3 is 10.6 Å². The zero-order chi connectivity index (χ0) is 15.1. The lowest BCUT2D eigenvalue weighted by Gasteiger charge is -2.11. The standard InChI is InChI=1S/C15H23N3O2/c1-10(2)8-17-15(20)18-14(19)9-16-13-6-5-11(3)7-12(13)4/h5-7,10,16H,8-9H2,1-4H3,(H2,17,18,19,20). The summed E-state index contributed by atoms with van der Waals surface area (Å²) in [5, 5.41) is 7.93. The topological polar surface area (TPSA) is 70.2 Å². The highest BCUT2D eigenvalue weighted by molar-refractivity contribution is 5.96. The second kappa shape index (κ2) is 7.53. The Labute approximate surface area is 120 Å². The highest BCUT2D eigenvalue weighted by Gasteiger charge is 2.08. The van der Waals surface area contributed by atoms with Crippen molar-refractivity contribution in [2.75, 3.05) is 18.4 Å². The number of aryl methyl sites for hydroxylation is 2. The maximum atomic E-state index is 11.6. The second-order valence-electron chi connectivity index (χ2n) is 5.32. The van der Waals surface area contributed by atoms with Gasteiger partial charge in [0.2, 0.25) is 5.91 Å². The molecule has 0 saturated heterocycles. The summed E-state index contributed by atoms with van der Waals surface area (Å²) >= 11 is 0. The van der Waals surface area contributed by atoms with E-state index < -0.39 is 6.03 Å². The lowest BCUT2D eigenvalue weighted by atomic mass is 10.1. The van der Waals surface area contributed by atoms with Gasteiger partial charge >= 0.3 is 6.03 Å². The number of urea groups is 1. The van der Waals surface area contributed by atoms with E-state index in [1.165, 1.54) is 5.56 Å². The molecule has 0 radical (unpaired) electrons. The van der Waals surface area contributed by atoms with E-state index in [0.29, 0.717) is 12.5 Å². The molecule has 0 aliphatic heterocycles. The number of carbonyl (C=O) groups excluding carboxylic acids is 2. The van der Waals surface area contributed by atoms with Crippen LogP contribution in [0.25, 0.3) is 0 Å². The molecule has 0 spiro atoms. The number of hydrogen-bond acceptors (Lipinski definition) is 3. The zero-order valence-electron chi connectivity index (χ0n) is 12.5. The van der Waals surface area contributed by atoms with Gasteiger partial charge in [-0.3, -0.25) is 10.1 Å². The van der Waals surface area contributed by atoms with Crippen molar-refractivity contribution >= 4 is 17.6 Å². The molecule has 0 bridgehead atoms. The molecule has 1 rings (SSSR count). The minimum Gasteiger partial charge on any atom is -0.376 e. The van der Waals surface area contributed by atoms with Crippen molar-refractivity contribution in [3.05, 3.63) is 29.3 Å². The molecule has 0 aliphatic carbocycles. The van der Waals surface area contributed by atoms with Crippen LogP contribution in [0.3, 0.4) is 0 Å². The van der Waals surface area contributed by atoms with Crippen LogP contribution in [0.2, 0.25) is 0 Å². The van der Waals surface area contributed by atoms with E-state index in [-0.39, 0.29) is 12.5 Å². The van der Waals surface area contributed by atoms with Crippen molar-refractivity contribution in [2.45, 2.75) is 27.7 Å². The van der Waals surface area contributed by atoms with Gasteiger partial charge in [-0.2, -0.15) is 0 Å². The molecule has 0 fully saturated rings. The normalized spacial score (nSPS) is 10.2. The summed E-state index contributed by atoms with van der Waals surface area (Å²) in [5.41, 5.74) is 3.14. The number of imide groups is 1. The molecule has 3 amide bonds. The van der Waals surface area contributed by atoms with E-state index in [2.05, 4.69) is 16.0 Å². The molecule has 0 aromatic heterocycles. The number of hydrogen-bond donors (Lipinski definition) is 3. The minimum atomic E-state index is -0.453. The maximum Gasteiger partial charge on any atom is 0.321 e. The zero-order valence-corrected chi connectivity index (χ0v) is 12.5. The van der Waals surface area contributed by atoms with Crippen molar-refractivity contribution in [3.63, 3.8) is 0 Å². The second-order valence-corrected chi connectivity index (χ2v) is 5.32. The number of carbonyl (C=O) groups is 2. The van der Waals surface area contributed by atoms with E-state index in [4.69, 9.17) is 0 Å². The quantitative estimate of drug-likeness (QED) is 0.772. The third kappa shape index (κ3) is 5.73. The first-order valence-corrected chi connectivity index (χ1v) is 6.77. The van der Waals surface area contributed by atoms with Gasteiger partial charge in [0.25, 0.3) is 0 Å². The van der Waals surface area contributed by atoms with E-state index in [9.17, 15) is 9.59 Å². The summed E-state index contributed by atoms with van der Waals surface area (Å²) < 4.78 is 0. The largest absolute Gasteiger partial charge is 0.376 e. The van der Waals surface area contributed by atoms with Crippen LogP contribution in [0, 0.1) is 19.8 Å². The molecule has 1 aromatic rings. The van der Waals surface area contributed by atoms with Gasteiger partial charge in [-0.25, -0.2) is 4.79 Å². The summed E-state index contributed by atoms with van der Waals surface area (Å²) in [6.07, 6.45) is 0. The van der Waals surface area contributed by atoms with E-state index in [1.54, 1.807) is 0 Å². The lowest BCUT2D eigenvalue weighted by Crippen LogP contribution is -2.43. The Hall–Kier alpha value is -2.04. The fourth-order valence-electron chi connectivity index (χ4n) is 1.70. The van der Waals surface area contributed by atoms with Gasteiger partial charge in [-0.05, 0) is 31.4 Å². The number of amides is 3. The van der Waals surface area contributed by atoms with Crippen LogP contribution in [-0.2, 0) is 4.79 Å². The van der Waals surface area contributed by atoms with Crippen LogP contribution >= 0.6 is 0 Å². The van der Waals surface area contributed by atoms with Crippen molar-refractivity contribution in [3.8, 4) is 0 Å². The minimum absolute atomic E-state index is 0.0685. The molecule has 0 saturated carbocycles. The van der Waals surface area contributed by atoms with Gasteiger partial charge in [0.05, 0.1) is 6.54 Å². The van der Waals surface area contributed by atoms with Crippen molar-refractivity contribution in [1.82, 2.24) is 10.6 Å². The van der Waals surface area contributed by atoms with Gasteiger partial charge in [0.15, 0.2) is 0 Å².